The molecule has 0 amide bonds. The number of pyridine rings is 1. The molecule has 4 heteroatoms. The molecule has 1 aromatic heterocycles. The Bertz CT molecular complexity index is 600. The summed E-state index contributed by atoms with van der Waals surface area (Å²) in [6, 6.07) is 9.82. The first kappa shape index (κ1) is 12.5. The number of fused-ring (bicyclic) bond motifs is 1. The molecule has 1 atom stereocenters. The lowest BCUT2D eigenvalue weighted by Crippen LogP contribution is -2.17. The van der Waals surface area contributed by atoms with Crippen molar-refractivity contribution in [3.63, 3.8) is 0 Å². The normalized spacial score (nSPS) is 17.8. The van der Waals surface area contributed by atoms with E-state index < -0.39 is 0 Å². The maximum Gasteiger partial charge on any atom is 0.129 e. The van der Waals surface area contributed by atoms with Crippen LogP contribution in [-0.2, 0) is 6.42 Å². The van der Waals surface area contributed by atoms with Gasteiger partial charge in [0.2, 0.25) is 0 Å². The minimum absolute atomic E-state index is 0.233. The van der Waals surface area contributed by atoms with Crippen LogP contribution in [0, 0.1) is 0 Å². The molecule has 0 saturated heterocycles. The molecule has 1 heterocycles. The Morgan fingerprint density at radius 1 is 1.32 bits per heavy atom. The van der Waals surface area contributed by atoms with Crippen molar-refractivity contribution in [2.24, 2.45) is 0 Å². The van der Waals surface area contributed by atoms with E-state index in [0.29, 0.717) is 5.75 Å². The van der Waals surface area contributed by atoms with Gasteiger partial charge >= 0.3 is 0 Å². The number of hydrogen-bond acceptors (Lipinski definition) is 3. The molecule has 0 saturated carbocycles. The highest BCUT2D eigenvalue weighted by atomic mass is 79.9. The lowest BCUT2D eigenvalue weighted by Gasteiger charge is -2.27. The second-order valence-corrected chi connectivity index (χ2v) is 5.57. The zero-order chi connectivity index (χ0) is 13.2. The summed E-state index contributed by atoms with van der Waals surface area (Å²) >= 11 is 3.45. The van der Waals surface area contributed by atoms with E-state index in [2.05, 4.69) is 26.2 Å². The van der Waals surface area contributed by atoms with E-state index in [-0.39, 0.29) is 6.04 Å². The molecule has 0 spiro atoms. The van der Waals surface area contributed by atoms with Gasteiger partial charge in [-0.1, -0.05) is 6.07 Å². The lowest BCUT2D eigenvalue weighted by atomic mass is 9.87. The highest BCUT2D eigenvalue weighted by Crippen LogP contribution is 2.35. The number of anilines is 1. The van der Waals surface area contributed by atoms with Crippen molar-refractivity contribution in [1.29, 1.82) is 0 Å². The summed E-state index contributed by atoms with van der Waals surface area (Å²) in [5.41, 5.74) is 3.51. The summed E-state index contributed by atoms with van der Waals surface area (Å²) < 4.78 is 0.822. The van der Waals surface area contributed by atoms with Gasteiger partial charge in [-0.2, -0.15) is 0 Å². The quantitative estimate of drug-likeness (QED) is 0.821. The third kappa shape index (κ3) is 2.59. The molecule has 0 aliphatic heterocycles. The molecule has 0 bridgehead atoms. The first-order valence-corrected chi connectivity index (χ1v) is 7.22. The van der Waals surface area contributed by atoms with Crippen LogP contribution < -0.4 is 5.32 Å². The summed E-state index contributed by atoms with van der Waals surface area (Å²) in [4.78, 5) is 4.22. The number of aryl methyl sites for hydroxylation is 1. The molecule has 3 nitrogen and oxygen atoms in total. The molecule has 3 rings (SSSR count). The van der Waals surface area contributed by atoms with Gasteiger partial charge in [0.15, 0.2) is 0 Å². The number of nitrogens with zero attached hydrogens (tertiary/aromatic N) is 1. The van der Waals surface area contributed by atoms with Crippen molar-refractivity contribution >= 4 is 21.6 Å². The van der Waals surface area contributed by atoms with Crippen LogP contribution in [0.1, 0.15) is 30.0 Å². The topological polar surface area (TPSA) is 45.1 Å². The molecule has 1 aromatic carbocycles. The van der Waals surface area contributed by atoms with Gasteiger partial charge in [-0.3, -0.25) is 0 Å². The molecule has 1 unspecified atom stereocenters. The van der Waals surface area contributed by atoms with E-state index in [4.69, 9.17) is 0 Å². The van der Waals surface area contributed by atoms with Gasteiger partial charge in [0, 0.05) is 6.20 Å². The largest absolute Gasteiger partial charge is 0.508 e. The summed E-state index contributed by atoms with van der Waals surface area (Å²) in [6.07, 6.45) is 5.07. The van der Waals surface area contributed by atoms with E-state index in [1.54, 1.807) is 12.3 Å². The van der Waals surface area contributed by atoms with Gasteiger partial charge in [0.05, 0.1) is 11.7 Å². The molecule has 2 N–H and O–H groups in total. The van der Waals surface area contributed by atoms with Crippen molar-refractivity contribution in [2.45, 2.75) is 25.3 Å². The molecule has 2 aromatic rings. The monoisotopic (exact) mass is 318 g/mol. The van der Waals surface area contributed by atoms with Gasteiger partial charge in [-0.05, 0) is 70.6 Å². The van der Waals surface area contributed by atoms with Crippen molar-refractivity contribution in [2.75, 3.05) is 5.32 Å². The molecule has 0 radical (unpaired) electrons. The zero-order valence-electron chi connectivity index (χ0n) is 10.4. The minimum atomic E-state index is 0.233. The fourth-order valence-corrected chi connectivity index (χ4v) is 2.98. The highest BCUT2D eigenvalue weighted by Gasteiger charge is 2.21. The molecule has 19 heavy (non-hydrogen) atoms. The summed E-state index contributed by atoms with van der Waals surface area (Å²) in [5.74, 6) is 0.331. The van der Waals surface area contributed by atoms with Crippen LogP contribution in [0.25, 0.3) is 0 Å². The first-order chi connectivity index (χ1) is 9.24. The predicted molar refractivity (Wildman–Crippen MR) is 79.3 cm³/mol. The first-order valence-electron chi connectivity index (χ1n) is 6.43. The van der Waals surface area contributed by atoms with Crippen LogP contribution in [0.4, 0.5) is 5.69 Å². The van der Waals surface area contributed by atoms with Crippen molar-refractivity contribution in [3.8, 4) is 5.75 Å². The SMILES string of the molecule is Oc1ccc2c(c1)C(Nc1cccnc1Br)CCC2. The van der Waals surface area contributed by atoms with Gasteiger partial charge < -0.3 is 10.4 Å². The second-order valence-electron chi connectivity index (χ2n) is 4.81. The Kier molecular flexibility index (Phi) is 3.42. The lowest BCUT2D eigenvalue weighted by molar-refractivity contribution is 0.471. The number of benzene rings is 1. The third-order valence-electron chi connectivity index (χ3n) is 3.53. The van der Waals surface area contributed by atoms with Crippen molar-refractivity contribution in [1.82, 2.24) is 4.98 Å². The fourth-order valence-electron chi connectivity index (χ4n) is 2.62. The van der Waals surface area contributed by atoms with Crippen molar-refractivity contribution < 1.29 is 5.11 Å². The van der Waals surface area contributed by atoms with Crippen LogP contribution in [0.5, 0.6) is 5.75 Å². The molecule has 1 aliphatic carbocycles. The standard InChI is InChI=1S/C15H15BrN2O/c16-15-14(5-2-8-17-15)18-13-4-1-3-10-6-7-11(19)9-12(10)13/h2,5-9,13,18-19H,1,3-4H2. The van der Waals surface area contributed by atoms with Crippen LogP contribution in [0.2, 0.25) is 0 Å². The predicted octanol–water partition coefficient (Wildman–Crippen LogP) is 4.04. The van der Waals surface area contributed by atoms with Crippen LogP contribution in [0.15, 0.2) is 41.1 Å². The number of hydrogen-bond donors (Lipinski definition) is 2. The Balaban J connectivity index is 1.92. The number of aromatic nitrogens is 1. The van der Waals surface area contributed by atoms with E-state index in [0.717, 1.165) is 29.6 Å². The molecule has 1 aliphatic rings. The van der Waals surface area contributed by atoms with Gasteiger partial charge in [-0.15, -0.1) is 0 Å². The van der Waals surface area contributed by atoms with Gasteiger partial charge in [0.25, 0.3) is 0 Å². The van der Waals surface area contributed by atoms with E-state index in [1.807, 2.05) is 24.3 Å². The summed E-state index contributed by atoms with van der Waals surface area (Å²) in [6.45, 7) is 0. The third-order valence-corrected chi connectivity index (χ3v) is 4.16. The maximum absolute atomic E-state index is 9.68. The second kappa shape index (κ2) is 5.21. The summed E-state index contributed by atoms with van der Waals surface area (Å²) in [5, 5.41) is 13.2. The number of phenols is 1. The highest BCUT2D eigenvalue weighted by molar-refractivity contribution is 9.10. The number of halogens is 1. The van der Waals surface area contributed by atoms with E-state index in [9.17, 15) is 5.11 Å². The van der Waals surface area contributed by atoms with Gasteiger partial charge in [-0.25, -0.2) is 4.98 Å². The van der Waals surface area contributed by atoms with E-state index in [1.165, 1.54) is 11.1 Å². The molecule has 0 fully saturated rings. The number of aromatic hydroxyl groups is 1. The average molecular weight is 319 g/mol. The van der Waals surface area contributed by atoms with E-state index >= 15 is 0 Å². The van der Waals surface area contributed by atoms with Crippen LogP contribution in [-0.4, -0.2) is 10.1 Å². The number of rotatable bonds is 2. The Labute approximate surface area is 120 Å². The number of phenolic OH excluding ortho intramolecular Hbond substituents is 1. The van der Waals surface area contributed by atoms with Crippen molar-refractivity contribution in [3.05, 3.63) is 52.3 Å². The zero-order valence-corrected chi connectivity index (χ0v) is 12.0. The smallest absolute Gasteiger partial charge is 0.129 e. The molecular formula is C15H15BrN2O. The Morgan fingerprint density at radius 2 is 2.21 bits per heavy atom. The molecular weight excluding hydrogens is 304 g/mol. The molecule has 98 valence electrons. The van der Waals surface area contributed by atoms with Gasteiger partial charge in [0.1, 0.15) is 10.4 Å². The number of nitrogens with one attached hydrogen (secondary N) is 1. The van der Waals surface area contributed by atoms with Crippen LogP contribution in [0.3, 0.4) is 0 Å². The minimum Gasteiger partial charge on any atom is -0.508 e. The van der Waals surface area contributed by atoms with Crippen LogP contribution >= 0.6 is 15.9 Å². The average Bonchev–Trinajstić information content (AvgIpc) is 2.42. The Morgan fingerprint density at radius 3 is 3.05 bits per heavy atom. The fraction of sp³-hybridized carbons (Fsp3) is 0.267. The summed E-state index contributed by atoms with van der Waals surface area (Å²) in [7, 11) is 0. The Hall–Kier alpha value is -1.55. The maximum atomic E-state index is 9.68.